The van der Waals surface area contributed by atoms with E-state index in [9.17, 15) is 4.79 Å². The largest absolute Gasteiger partial charge is 0.497 e. The van der Waals surface area contributed by atoms with Crippen LogP contribution < -0.4 is 19.5 Å². The molecule has 2 aromatic rings. The number of methoxy groups -OCH3 is 3. The molecule has 0 radical (unpaired) electrons. The van der Waals surface area contributed by atoms with Gasteiger partial charge in [-0.05, 0) is 42.2 Å². The summed E-state index contributed by atoms with van der Waals surface area (Å²) in [5, 5.41) is 3.34. The van der Waals surface area contributed by atoms with Crippen LogP contribution >= 0.6 is 0 Å². The fourth-order valence-electron chi connectivity index (χ4n) is 3.19. The monoisotopic (exact) mass is 353 g/mol. The average Bonchev–Trinajstić information content (AvgIpc) is 2.67. The van der Waals surface area contributed by atoms with Crippen molar-refractivity contribution in [3.8, 4) is 17.2 Å². The highest BCUT2D eigenvalue weighted by Gasteiger charge is 2.22. The first kappa shape index (κ1) is 17.9. The van der Waals surface area contributed by atoms with Crippen molar-refractivity contribution in [2.75, 3.05) is 26.6 Å². The topological polar surface area (TPSA) is 56.8 Å². The molecule has 0 aliphatic heterocycles. The Balaban J connectivity index is 1.76. The molecule has 5 heteroatoms. The summed E-state index contributed by atoms with van der Waals surface area (Å²) in [5.74, 6) is 2.41. The number of hydrogen-bond donors (Lipinski definition) is 1. The van der Waals surface area contributed by atoms with Crippen LogP contribution in [0, 0.1) is 0 Å². The van der Waals surface area contributed by atoms with Gasteiger partial charge in [0.05, 0.1) is 21.3 Å². The van der Waals surface area contributed by atoms with Crippen molar-refractivity contribution in [3.63, 3.8) is 0 Å². The number of hydrogen-bond acceptors (Lipinski definition) is 5. The Labute approximate surface area is 153 Å². The maximum Gasteiger partial charge on any atom is 0.162 e. The number of anilines is 1. The molecule has 0 aromatic heterocycles. The summed E-state index contributed by atoms with van der Waals surface area (Å²) in [6.45, 7) is 0. The lowest BCUT2D eigenvalue weighted by Gasteiger charge is -2.24. The average molecular weight is 353 g/mol. The van der Waals surface area contributed by atoms with Crippen molar-refractivity contribution in [2.45, 2.75) is 18.8 Å². The van der Waals surface area contributed by atoms with E-state index in [1.54, 1.807) is 27.4 Å². The third-order valence-corrected chi connectivity index (χ3v) is 4.52. The molecule has 26 heavy (non-hydrogen) atoms. The highest BCUT2D eigenvalue weighted by atomic mass is 16.5. The van der Waals surface area contributed by atoms with Gasteiger partial charge in [-0.25, -0.2) is 0 Å². The van der Waals surface area contributed by atoms with E-state index in [0.717, 1.165) is 29.1 Å². The first-order valence-corrected chi connectivity index (χ1v) is 8.49. The summed E-state index contributed by atoms with van der Waals surface area (Å²) in [5.41, 5.74) is 2.89. The quantitative estimate of drug-likeness (QED) is 0.845. The lowest BCUT2D eigenvalue weighted by atomic mass is 9.85. The van der Waals surface area contributed by atoms with Crippen LogP contribution in [0.25, 0.3) is 0 Å². The Kier molecular flexibility index (Phi) is 5.46. The SMILES string of the molecule is COc1ccc([C@@H]2CC(=O)C=C(Nc3ccc(OC)c(OC)c3)C2)cc1. The molecule has 0 fully saturated rings. The lowest BCUT2D eigenvalue weighted by Crippen LogP contribution is -2.16. The van der Waals surface area contributed by atoms with Gasteiger partial charge in [-0.15, -0.1) is 0 Å². The molecule has 0 spiro atoms. The minimum absolute atomic E-state index is 0.125. The van der Waals surface area contributed by atoms with E-state index < -0.39 is 0 Å². The lowest BCUT2D eigenvalue weighted by molar-refractivity contribution is -0.115. The fraction of sp³-hybridized carbons (Fsp3) is 0.286. The van der Waals surface area contributed by atoms with Crippen molar-refractivity contribution in [1.82, 2.24) is 0 Å². The Hall–Kier alpha value is -2.95. The molecule has 0 heterocycles. The second-order valence-corrected chi connectivity index (χ2v) is 6.21. The summed E-state index contributed by atoms with van der Waals surface area (Å²) < 4.78 is 15.8. The number of carbonyl (C=O) groups is 1. The number of rotatable bonds is 6. The van der Waals surface area contributed by atoms with Crippen LogP contribution in [-0.4, -0.2) is 27.1 Å². The van der Waals surface area contributed by atoms with Gasteiger partial charge in [-0.1, -0.05) is 12.1 Å². The molecule has 3 rings (SSSR count). The highest BCUT2D eigenvalue weighted by Crippen LogP contribution is 2.35. The molecule has 0 saturated carbocycles. The molecule has 136 valence electrons. The zero-order chi connectivity index (χ0) is 18.5. The van der Waals surface area contributed by atoms with Gasteiger partial charge in [0, 0.05) is 29.9 Å². The number of ether oxygens (including phenoxy) is 3. The molecule has 1 atom stereocenters. The first-order chi connectivity index (χ1) is 12.6. The molecule has 1 aliphatic carbocycles. The number of ketones is 1. The van der Waals surface area contributed by atoms with E-state index in [1.165, 1.54) is 0 Å². The molecule has 2 aromatic carbocycles. The first-order valence-electron chi connectivity index (χ1n) is 8.49. The van der Waals surface area contributed by atoms with E-state index >= 15 is 0 Å². The third kappa shape index (κ3) is 3.99. The Morgan fingerprint density at radius 2 is 1.62 bits per heavy atom. The normalized spacial score (nSPS) is 16.7. The van der Waals surface area contributed by atoms with Gasteiger partial charge in [-0.3, -0.25) is 4.79 Å². The van der Waals surface area contributed by atoms with E-state index in [-0.39, 0.29) is 11.7 Å². The zero-order valence-corrected chi connectivity index (χ0v) is 15.2. The molecular weight excluding hydrogens is 330 g/mol. The minimum Gasteiger partial charge on any atom is -0.497 e. The second-order valence-electron chi connectivity index (χ2n) is 6.21. The summed E-state index contributed by atoms with van der Waals surface area (Å²) in [7, 11) is 4.85. The highest BCUT2D eigenvalue weighted by molar-refractivity contribution is 5.92. The van der Waals surface area contributed by atoms with E-state index in [1.807, 2.05) is 42.5 Å². The van der Waals surface area contributed by atoms with Gasteiger partial charge in [0.1, 0.15) is 5.75 Å². The summed E-state index contributed by atoms with van der Waals surface area (Å²) in [6, 6.07) is 13.5. The molecule has 1 aliphatic rings. The van der Waals surface area contributed by atoms with Crippen LogP contribution in [0.1, 0.15) is 24.3 Å². The van der Waals surface area contributed by atoms with Gasteiger partial charge in [0.15, 0.2) is 17.3 Å². The van der Waals surface area contributed by atoms with E-state index in [0.29, 0.717) is 17.9 Å². The van der Waals surface area contributed by atoms with Crippen LogP contribution in [0.4, 0.5) is 5.69 Å². The van der Waals surface area contributed by atoms with Crippen LogP contribution in [0.2, 0.25) is 0 Å². The molecule has 0 amide bonds. The van der Waals surface area contributed by atoms with Gasteiger partial charge < -0.3 is 19.5 Å². The number of benzene rings is 2. The van der Waals surface area contributed by atoms with Gasteiger partial charge >= 0.3 is 0 Å². The predicted octanol–water partition coefficient (Wildman–Crippen LogP) is 4.15. The van der Waals surface area contributed by atoms with Crippen molar-refractivity contribution < 1.29 is 19.0 Å². The summed E-state index contributed by atoms with van der Waals surface area (Å²) in [6.07, 6.45) is 2.98. The third-order valence-electron chi connectivity index (χ3n) is 4.52. The van der Waals surface area contributed by atoms with Crippen LogP contribution in [0.15, 0.2) is 54.2 Å². The Bertz CT molecular complexity index is 811. The van der Waals surface area contributed by atoms with Gasteiger partial charge in [0.2, 0.25) is 0 Å². The fourth-order valence-corrected chi connectivity index (χ4v) is 3.19. The molecule has 5 nitrogen and oxygen atoms in total. The molecular formula is C21H23NO4. The standard InChI is InChI=1S/C21H23NO4/c1-24-19-7-4-14(5-8-19)15-10-17(12-18(23)11-15)22-16-6-9-20(25-2)21(13-16)26-3/h4-9,12-13,15,22H,10-11H2,1-3H3/t15-/m0/s1. The predicted molar refractivity (Wildman–Crippen MR) is 101 cm³/mol. The maximum absolute atomic E-state index is 12.2. The summed E-state index contributed by atoms with van der Waals surface area (Å²) >= 11 is 0. The Morgan fingerprint density at radius 3 is 2.27 bits per heavy atom. The molecule has 0 bridgehead atoms. The molecule has 0 unspecified atom stereocenters. The second kappa shape index (κ2) is 7.95. The van der Waals surface area contributed by atoms with Gasteiger partial charge in [-0.2, -0.15) is 0 Å². The van der Waals surface area contributed by atoms with Crippen molar-refractivity contribution in [1.29, 1.82) is 0 Å². The number of carbonyl (C=O) groups excluding carboxylic acids is 1. The maximum atomic E-state index is 12.2. The Morgan fingerprint density at radius 1 is 0.885 bits per heavy atom. The van der Waals surface area contributed by atoms with Crippen molar-refractivity contribution >= 4 is 11.5 Å². The van der Waals surface area contributed by atoms with Crippen LogP contribution in [0.5, 0.6) is 17.2 Å². The zero-order valence-electron chi connectivity index (χ0n) is 15.2. The van der Waals surface area contributed by atoms with Crippen LogP contribution in [-0.2, 0) is 4.79 Å². The summed E-state index contributed by atoms with van der Waals surface area (Å²) in [4.78, 5) is 12.2. The smallest absolute Gasteiger partial charge is 0.162 e. The number of nitrogens with one attached hydrogen (secondary N) is 1. The molecule has 0 saturated heterocycles. The van der Waals surface area contributed by atoms with Crippen molar-refractivity contribution in [3.05, 3.63) is 59.8 Å². The van der Waals surface area contributed by atoms with E-state index in [2.05, 4.69) is 5.32 Å². The molecule has 1 N–H and O–H groups in total. The number of allylic oxidation sites excluding steroid dienone is 2. The van der Waals surface area contributed by atoms with Crippen molar-refractivity contribution in [2.24, 2.45) is 0 Å². The van der Waals surface area contributed by atoms with Gasteiger partial charge in [0.25, 0.3) is 0 Å². The van der Waals surface area contributed by atoms with Crippen LogP contribution in [0.3, 0.4) is 0 Å². The minimum atomic E-state index is 0.125. The van der Waals surface area contributed by atoms with E-state index in [4.69, 9.17) is 14.2 Å².